The molecule has 4 unspecified atom stereocenters. The molecular formula is C17H24ClNO3S2. The Kier molecular flexibility index (Phi) is 6.14. The molecule has 2 heterocycles. The second-order valence-corrected chi connectivity index (χ2v) is 10.9. The summed E-state index contributed by atoms with van der Waals surface area (Å²) in [6.45, 7) is 0.741. The molecule has 1 aromatic carbocycles. The first-order valence-corrected chi connectivity index (χ1v) is 11.7. The summed E-state index contributed by atoms with van der Waals surface area (Å²) in [6.07, 6.45) is 6.65. The predicted molar refractivity (Wildman–Crippen MR) is 99.3 cm³/mol. The van der Waals surface area contributed by atoms with E-state index < -0.39 is 9.84 Å². The number of halogens is 1. The van der Waals surface area contributed by atoms with Crippen molar-refractivity contribution < 1.29 is 13.2 Å². The van der Waals surface area contributed by atoms with E-state index in [0.717, 1.165) is 44.3 Å². The fourth-order valence-corrected chi connectivity index (χ4v) is 5.56. The van der Waals surface area contributed by atoms with Crippen LogP contribution in [0.3, 0.4) is 0 Å². The maximum Gasteiger partial charge on any atom is 0.175 e. The predicted octanol–water partition coefficient (Wildman–Crippen LogP) is 3.71. The number of piperidine rings is 1. The number of ether oxygens (including phenoxy) is 1. The highest BCUT2D eigenvalue weighted by Crippen LogP contribution is 2.36. The van der Waals surface area contributed by atoms with Crippen LogP contribution >= 0.6 is 23.4 Å². The second kappa shape index (κ2) is 7.96. The molecule has 2 aliphatic heterocycles. The van der Waals surface area contributed by atoms with Crippen LogP contribution in [0, 0.1) is 0 Å². The van der Waals surface area contributed by atoms with Gasteiger partial charge in [-0.3, -0.25) is 5.32 Å². The van der Waals surface area contributed by atoms with Crippen molar-refractivity contribution in [2.75, 3.05) is 12.9 Å². The van der Waals surface area contributed by atoms with E-state index in [1.54, 1.807) is 12.1 Å². The van der Waals surface area contributed by atoms with Crippen LogP contribution in [0.15, 0.2) is 29.2 Å². The molecule has 2 fully saturated rings. The van der Waals surface area contributed by atoms with E-state index in [-0.39, 0.29) is 17.0 Å². The van der Waals surface area contributed by atoms with E-state index in [1.165, 1.54) is 6.26 Å². The molecule has 134 valence electrons. The Morgan fingerprint density at radius 1 is 1.21 bits per heavy atom. The molecule has 24 heavy (non-hydrogen) atoms. The maximum absolute atomic E-state index is 11.6. The van der Waals surface area contributed by atoms with Gasteiger partial charge in [0.05, 0.1) is 16.2 Å². The van der Waals surface area contributed by atoms with Crippen LogP contribution in [0.4, 0.5) is 0 Å². The zero-order chi connectivity index (χ0) is 17.2. The normalized spacial score (nSPS) is 31.2. The first-order valence-electron chi connectivity index (χ1n) is 8.39. The van der Waals surface area contributed by atoms with E-state index in [1.807, 2.05) is 23.9 Å². The lowest BCUT2D eigenvalue weighted by Crippen LogP contribution is -2.39. The van der Waals surface area contributed by atoms with Gasteiger partial charge < -0.3 is 4.74 Å². The number of nitrogens with one attached hydrogen (secondary N) is 1. The van der Waals surface area contributed by atoms with Crippen molar-refractivity contribution in [2.24, 2.45) is 0 Å². The highest BCUT2D eigenvalue weighted by Gasteiger charge is 2.27. The summed E-state index contributed by atoms with van der Waals surface area (Å²) >= 11 is 7.94. The molecule has 0 aliphatic carbocycles. The first-order chi connectivity index (χ1) is 11.4. The largest absolute Gasteiger partial charge is 0.362 e. The fourth-order valence-electron chi connectivity index (χ4n) is 3.25. The van der Waals surface area contributed by atoms with Crippen molar-refractivity contribution in [2.45, 2.75) is 59.2 Å². The standard InChI is InChI=1S/C17H24ClNO3S2/c1-24(20,21)14-8-5-12(6-9-14)15-3-2-4-17(19-15)22-11-13-7-10-16(18)23-13/h5-6,8-9,13,15-17,19H,2-4,7,10-11H2,1H3. The topological polar surface area (TPSA) is 55.4 Å². The Hall–Kier alpha value is -0.270. The van der Waals surface area contributed by atoms with Crippen LogP contribution in [-0.2, 0) is 14.6 Å². The average molecular weight is 390 g/mol. The SMILES string of the molecule is CS(=O)(=O)c1ccc(C2CCCC(OCC3CCC(Cl)S3)N2)cc1. The molecule has 2 saturated heterocycles. The molecule has 0 saturated carbocycles. The molecule has 7 heteroatoms. The Bertz CT molecular complexity index is 650. The van der Waals surface area contributed by atoms with Crippen LogP contribution in [0.1, 0.15) is 43.7 Å². The Morgan fingerprint density at radius 3 is 2.58 bits per heavy atom. The summed E-state index contributed by atoms with van der Waals surface area (Å²) in [7, 11) is -3.14. The van der Waals surface area contributed by atoms with Crippen LogP contribution in [0.2, 0.25) is 0 Å². The number of thioether (sulfide) groups is 1. The van der Waals surface area contributed by atoms with E-state index >= 15 is 0 Å². The summed E-state index contributed by atoms with van der Waals surface area (Å²) in [5.41, 5.74) is 1.12. The maximum atomic E-state index is 11.6. The molecule has 0 amide bonds. The van der Waals surface area contributed by atoms with Gasteiger partial charge in [0.2, 0.25) is 0 Å². The van der Waals surface area contributed by atoms with Gasteiger partial charge in [0.15, 0.2) is 9.84 Å². The van der Waals surface area contributed by atoms with Gasteiger partial charge in [-0.2, -0.15) is 0 Å². The number of alkyl halides is 1. The van der Waals surface area contributed by atoms with Gasteiger partial charge in [0.1, 0.15) is 6.23 Å². The Balaban J connectivity index is 1.55. The molecule has 4 nitrogen and oxygen atoms in total. The monoisotopic (exact) mass is 389 g/mol. The third kappa shape index (κ3) is 4.88. The highest BCUT2D eigenvalue weighted by molar-refractivity contribution is 8.01. The number of hydrogen-bond acceptors (Lipinski definition) is 5. The number of sulfone groups is 1. The summed E-state index contributed by atoms with van der Waals surface area (Å²) in [5, 5.41) is 4.05. The van der Waals surface area contributed by atoms with Crippen molar-refractivity contribution in [1.82, 2.24) is 5.32 Å². The van der Waals surface area contributed by atoms with Gasteiger partial charge in [0.25, 0.3) is 0 Å². The molecule has 0 spiro atoms. The van der Waals surface area contributed by atoms with Crippen LogP contribution in [0.25, 0.3) is 0 Å². The lowest BCUT2D eigenvalue weighted by Gasteiger charge is -2.32. The van der Waals surface area contributed by atoms with Gasteiger partial charge in [-0.1, -0.05) is 12.1 Å². The lowest BCUT2D eigenvalue weighted by molar-refractivity contribution is 0.000283. The van der Waals surface area contributed by atoms with Crippen molar-refractivity contribution in [1.29, 1.82) is 0 Å². The molecule has 2 aliphatic rings. The van der Waals surface area contributed by atoms with E-state index in [9.17, 15) is 8.42 Å². The zero-order valence-electron chi connectivity index (χ0n) is 13.8. The molecule has 0 radical (unpaired) electrons. The first kappa shape index (κ1) is 18.5. The number of hydrogen-bond donors (Lipinski definition) is 1. The van der Waals surface area contributed by atoms with Crippen LogP contribution in [-0.4, -0.2) is 37.5 Å². The van der Waals surface area contributed by atoms with Crippen molar-refractivity contribution in [3.63, 3.8) is 0 Å². The molecule has 0 bridgehead atoms. The number of rotatable bonds is 5. The fraction of sp³-hybridized carbons (Fsp3) is 0.647. The quantitative estimate of drug-likeness (QED) is 0.778. The van der Waals surface area contributed by atoms with Gasteiger partial charge in [-0.05, 0) is 49.8 Å². The minimum absolute atomic E-state index is 0.0632. The minimum atomic E-state index is -3.14. The highest BCUT2D eigenvalue weighted by atomic mass is 35.5. The molecular weight excluding hydrogens is 366 g/mol. The Morgan fingerprint density at radius 2 is 1.96 bits per heavy atom. The Labute approximate surface area is 153 Å². The summed E-state index contributed by atoms with van der Waals surface area (Å²) in [4.78, 5) is 0.365. The van der Waals surface area contributed by atoms with Crippen molar-refractivity contribution in [3.05, 3.63) is 29.8 Å². The van der Waals surface area contributed by atoms with Gasteiger partial charge in [0, 0.05) is 17.5 Å². The zero-order valence-corrected chi connectivity index (χ0v) is 16.2. The van der Waals surface area contributed by atoms with Crippen molar-refractivity contribution in [3.8, 4) is 0 Å². The van der Waals surface area contributed by atoms with E-state index in [0.29, 0.717) is 10.1 Å². The summed E-state index contributed by atoms with van der Waals surface area (Å²) in [5.74, 6) is 0. The summed E-state index contributed by atoms with van der Waals surface area (Å²) in [6, 6.07) is 7.40. The van der Waals surface area contributed by atoms with E-state index in [4.69, 9.17) is 16.3 Å². The number of benzene rings is 1. The summed E-state index contributed by atoms with van der Waals surface area (Å²) < 4.78 is 29.4. The molecule has 0 aromatic heterocycles. The minimum Gasteiger partial charge on any atom is -0.362 e. The van der Waals surface area contributed by atoms with Crippen LogP contribution < -0.4 is 5.32 Å². The van der Waals surface area contributed by atoms with E-state index in [2.05, 4.69) is 5.32 Å². The van der Waals surface area contributed by atoms with Gasteiger partial charge in [-0.15, -0.1) is 23.4 Å². The van der Waals surface area contributed by atoms with Gasteiger partial charge in [-0.25, -0.2) is 8.42 Å². The third-order valence-electron chi connectivity index (χ3n) is 4.60. The van der Waals surface area contributed by atoms with Gasteiger partial charge >= 0.3 is 0 Å². The van der Waals surface area contributed by atoms with Crippen LogP contribution in [0.5, 0.6) is 0 Å². The smallest absolute Gasteiger partial charge is 0.175 e. The molecule has 3 rings (SSSR count). The average Bonchev–Trinajstić information content (AvgIpc) is 2.98. The third-order valence-corrected chi connectivity index (χ3v) is 7.54. The lowest BCUT2D eigenvalue weighted by atomic mass is 9.97. The van der Waals surface area contributed by atoms with Crippen molar-refractivity contribution >= 4 is 33.2 Å². The second-order valence-electron chi connectivity index (χ2n) is 6.56. The molecule has 1 N–H and O–H groups in total. The molecule has 1 aromatic rings. The molecule has 4 atom stereocenters.